The number of hydrogen-bond acceptors (Lipinski definition) is 5. The van der Waals surface area contributed by atoms with E-state index in [-0.39, 0.29) is 17.9 Å². The molecule has 0 aromatic carbocycles. The number of carbonyl (C=O) groups is 2. The van der Waals surface area contributed by atoms with Crippen LogP contribution >= 0.6 is 0 Å². The third-order valence-corrected chi connectivity index (χ3v) is 3.95. The van der Waals surface area contributed by atoms with Crippen molar-refractivity contribution in [3.05, 3.63) is 0 Å². The summed E-state index contributed by atoms with van der Waals surface area (Å²) in [6, 6.07) is -0.406. The number of rotatable bonds is 7. The van der Waals surface area contributed by atoms with Crippen LogP contribution in [0, 0.1) is 11.8 Å². The maximum Gasteiger partial charge on any atom is 0.328 e. The molecule has 3 unspecified atom stereocenters. The molecule has 1 saturated heterocycles. The lowest BCUT2D eigenvalue weighted by molar-refractivity contribution is -0.145. The highest BCUT2D eigenvalue weighted by Crippen LogP contribution is 2.18. The second kappa shape index (κ2) is 8.34. The Hall–Kier alpha value is -1.14. The van der Waals surface area contributed by atoms with E-state index in [1.807, 2.05) is 20.8 Å². The zero-order valence-corrected chi connectivity index (χ0v) is 13.6. The van der Waals surface area contributed by atoms with Crippen LogP contribution in [0.25, 0.3) is 0 Å². The van der Waals surface area contributed by atoms with E-state index < -0.39 is 6.04 Å². The van der Waals surface area contributed by atoms with E-state index in [0.717, 1.165) is 19.5 Å². The van der Waals surface area contributed by atoms with Gasteiger partial charge in [-0.2, -0.15) is 0 Å². The van der Waals surface area contributed by atoms with E-state index in [4.69, 9.17) is 10.5 Å². The molecule has 3 N–H and O–H groups in total. The molecule has 6 nitrogen and oxygen atoms in total. The minimum atomic E-state index is -0.561. The Bertz CT molecular complexity index is 358. The van der Waals surface area contributed by atoms with E-state index >= 15 is 0 Å². The van der Waals surface area contributed by atoms with Gasteiger partial charge in [0.15, 0.2) is 0 Å². The molecule has 122 valence electrons. The van der Waals surface area contributed by atoms with Crippen LogP contribution < -0.4 is 11.1 Å². The summed E-state index contributed by atoms with van der Waals surface area (Å²) in [5.41, 5.74) is 5.90. The molecule has 0 bridgehead atoms. The van der Waals surface area contributed by atoms with Gasteiger partial charge in [0.05, 0.1) is 13.7 Å². The number of ether oxygens (including phenoxy) is 1. The standard InChI is InChI=1S/C15H29N3O3/c1-10(2)7-13(15(20)21-4)17-14(19)9-18-6-5-12(8-18)11(3)16/h10-13H,5-9,16H2,1-4H3,(H,17,19). The molecular formula is C15H29N3O3. The van der Waals surface area contributed by atoms with Crippen molar-refractivity contribution in [2.75, 3.05) is 26.7 Å². The average molecular weight is 299 g/mol. The topological polar surface area (TPSA) is 84.7 Å². The maximum absolute atomic E-state index is 12.1. The predicted octanol–water partition coefficient (Wildman–Crippen LogP) is 0.359. The Balaban J connectivity index is 2.45. The van der Waals surface area contributed by atoms with Crippen molar-refractivity contribution in [1.82, 2.24) is 10.2 Å². The number of nitrogens with zero attached hydrogens (tertiary/aromatic N) is 1. The van der Waals surface area contributed by atoms with Gasteiger partial charge in [-0.1, -0.05) is 13.8 Å². The quantitative estimate of drug-likeness (QED) is 0.663. The highest BCUT2D eigenvalue weighted by molar-refractivity contribution is 5.85. The van der Waals surface area contributed by atoms with Crippen molar-refractivity contribution < 1.29 is 14.3 Å². The summed E-state index contributed by atoms with van der Waals surface area (Å²) in [4.78, 5) is 25.9. The molecule has 6 heteroatoms. The van der Waals surface area contributed by atoms with Gasteiger partial charge in [0, 0.05) is 12.6 Å². The van der Waals surface area contributed by atoms with Gasteiger partial charge < -0.3 is 15.8 Å². The first kappa shape index (κ1) is 17.9. The summed E-state index contributed by atoms with van der Waals surface area (Å²) in [5.74, 6) is 0.247. The van der Waals surface area contributed by atoms with Crippen molar-refractivity contribution in [3.63, 3.8) is 0 Å². The number of carbonyl (C=O) groups excluding carboxylic acids is 2. The van der Waals surface area contributed by atoms with Gasteiger partial charge in [0.1, 0.15) is 6.04 Å². The minimum absolute atomic E-state index is 0.128. The van der Waals surface area contributed by atoms with Gasteiger partial charge in [0.25, 0.3) is 0 Å². The number of likely N-dealkylation sites (tertiary alicyclic amines) is 1. The van der Waals surface area contributed by atoms with Crippen molar-refractivity contribution in [3.8, 4) is 0 Å². The summed E-state index contributed by atoms with van der Waals surface area (Å²) < 4.78 is 4.75. The number of esters is 1. The number of hydrogen-bond donors (Lipinski definition) is 2. The van der Waals surface area contributed by atoms with Crippen molar-refractivity contribution >= 4 is 11.9 Å². The molecule has 0 radical (unpaired) electrons. The molecule has 0 aliphatic carbocycles. The molecule has 1 amide bonds. The van der Waals surface area contributed by atoms with Crippen molar-refractivity contribution in [1.29, 1.82) is 0 Å². The fourth-order valence-corrected chi connectivity index (χ4v) is 2.71. The fraction of sp³-hybridized carbons (Fsp3) is 0.867. The van der Waals surface area contributed by atoms with E-state index in [2.05, 4.69) is 10.2 Å². The molecule has 1 heterocycles. The monoisotopic (exact) mass is 299 g/mol. The average Bonchev–Trinajstić information content (AvgIpc) is 2.85. The predicted molar refractivity (Wildman–Crippen MR) is 81.6 cm³/mol. The molecule has 0 saturated carbocycles. The summed E-state index contributed by atoms with van der Waals surface area (Å²) >= 11 is 0. The van der Waals surface area contributed by atoms with E-state index in [9.17, 15) is 9.59 Å². The molecule has 3 atom stereocenters. The molecule has 1 aliphatic heterocycles. The molecule has 21 heavy (non-hydrogen) atoms. The lowest BCUT2D eigenvalue weighted by Gasteiger charge is -2.21. The van der Waals surface area contributed by atoms with Crippen LogP contribution in [0.1, 0.15) is 33.6 Å². The third kappa shape index (κ3) is 6.01. The molecular weight excluding hydrogens is 270 g/mol. The van der Waals surface area contributed by atoms with Crippen molar-refractivity contribution in [2.45, 2.75) is 45.7 Å². The van der Waals surface area contributed by atoms with Gasteiger partial charge in [-0.15, -0.1) is 0 Å². The maximum atomic E-state index is 12.1. The Labute approximate surface area is 127 Å². The third-order valence-electron chi connectivity index (χ3n) is 3.95. The Kier molecular flexibility index (Phi) is 7.11. The van der Waals surface area contributed by atoms with Gasteiger partial charge >= 0.3 is 5.97 Å². The second-order valence-corrected chi connectivity index (χ2v) is 6.42. The fourth-order valence-electron chi connectivity index (χ4n) is 2.71. The van der Waals surface area contributed by atoms with Crippen LogP contribution in [0.3, 0.4) is 0 Å². The van der Waals surface area contributed by atoms with Crippen LogP contribution in [-0.4, -0.2) is 55.6 Å². The van der Waals surface area contributed by atoms with Gasteiger partial charge in [-0.3, -0.25) is 9.69 Å². The summed E-state index contributed by atoms with van der Waals surface area (Å²) in [5, 5.41) is 2.78. The smallest absolute Gasteiger partial charge is 0.328 e. The Morgan fingerprint density at radius 1 is 1.38 bits per heavy atom. The van der Waals surface area contributed by atoms with Crippen LogP contribution in [0.4, 0.5) is 0 Å². The SMILES string of the molecule is COC(=O)C(CC(C)C)NC(=O)CN1CCC(C(C)N)C1. The van der Waals surface area contributed by atoms with E-state index in [1.54, 1.807) is 0 Å². The van der Waals surface area contributed by atoms with Gasteiger partial charge in [-0.05, 0) is 38.1 Å². The number of nitrogens with one attached hydrogen (secondary N) is 1. The van der Waals surface area contributed by atoms with Crippen LogP contribution in [-0.2, 0) is 14.3 Å². The molecule has 0 aromatic heterocycles. The first-order chi connectivity index (χ1) is 9.83. The van der Waals surface area contributed by atoms with Gasteiger partial charge in [0.2, 0.25) is 5.91 Å². The minimum Gasteiger partial charge on any atom is -0.467 e. The molecule has 1 fully saturated rings. The Morgan fingerprint density at radius 3 is 2.52 bits per heavy atom. The zero-order valence-electron chi connectivity index (χ0n) is 13.6. The molecule has 0 aromatic rings. The highest BCUT2D eigenvalue weighted by atomic mass is 16.5. The van der Waals surface area contributed by atoms with Crippen LogP contribution in [0.5, 0.6) is 0 Å². The second-order valence-electron chi connectivity index (χ2n) is 6.42. The zero-order chi connectivity index (χ0) is 16.0. The van der Waals surface area contributed by atoms with Gasteiger partial charge in [-0.25, -0.2) is 4.79 Å². The lowest BCUT2D eigenvalue weighted by Crippen LogP contribution is -2.46. The number of methoxy groups -OCH3 is 1. The van der Waals surface area contributed by atoms with E-state index in [0.29, 0.717) is 24.8 Å². The molecule has 1 aliphatic rings. The molecule has 1 rings (SSSR count). The first-order valence-electron chi connectivity index (χ1n) is 7.68. The lowest BCUT2D eigenvalue weighted by atomic mass is 10.0. The Morgan fingerprint density at radius 2 is 2.05 bits per heavy atom. The molecule has 0 spiro atoms. The highest BCUT2D eigenvalue weighted by Gasteiger charge is 2.28. The summed E-state index contributed by atoms with van der Waals surface area (Å²) in [6.45, 7) is 8.06. The summed E-state index contributed by atoms with van der Waals surface area (Å²) in [7, 11) is 1.34. The van der Waals surface area contributed by atoms with Crippen molar-refractivity contribution in [2.24, 2.45) is 17.6 Å². The largest absolute Gasteiger partial charge is 0.467 e. The van der Waals surface area contributed by atoms with Crippen LogP contribution in [0.2, 0.25) is 0 Å². The number of amides is 1. The normalized spacial score (nSPS) is 22.1. The van der Waals surface area contributed by atoms with Crippen LogP contribution in [0.15, 0.2) is 0 Å². The number of nitrogens with two attached hydrogens (primary N) is 1. The first-order valence-corrected chi connectivity index (χ1v) is 7.68. The summed E-state index contributed by atoms with van der Waals surface area (Å²) in [6.07, 6.45) is 1.61. The van der Waals surface area contributed by atoms with E-state index in [1.165, 1.54) is 7.11 Å².